The van der Waals surface area contributed by atoms with Crippen LogP contribution in [-0.2, 0) is 10.0 Å². The molecule has 2 N–H and O–H groups in total. The van der Waals surface area contributed by atoms with Crippen molar-refractivity contribution in [2.75, 3.05) is 24.5 Å². The van der Waals surface area contributed by atoms with Gasteiger partial charge in [0, 0.05) is 29.3 Å². The number of ether oxygens (including phenoxy) is 3. The number of hydrogen-bond donors (Lipinski definition) is 2. The zero-order valence-electron chi connectivity index (χ0n) is 19.5. The lowest BCUT2D eigenvalue weighted by molar-refractivity contribution is 0.0924. The van der Waals surface area contributed by atoms with Gasteiger partial charge in [0.25, 0.3) is 15.9 Å². The molecule has 0 aromatic heterocycles. The quantitative estimate of drug-likeness (QED) is 0.553. The van der Waals surface area contributed by atoms with E-state index in [0.717, 1.165) is 22.4 Å². The fourth-order valence-electron chi connectivity index (χ4n) is 4.36. The predicted molar refractivity (Wildman–Crippen MR) is 131 cm³/mol. The van der Waals surface area contributed by atoms with Crippen LogP contribution in [0.4, 0.5) is 5.69 Å². The van der Waals surface area contributed by atoms with Gasteiger partial charge in [-0.1, -0.05) is 17.7 Å². The second-order valence-electron chi connectivity index (χ2n) is 8.65. The van der Waals surface area contributed by atoms with Crippen LogP contribution in [0.3, 0.4) is 0 Å². The van der Waals surface area contributed by atoms with Gasteiger partial charge in [-0.15, -0.1) is 0 Å². The van der Waals surface area contributed by atoms with Crippen LogP contribution in [0.15, 0.2) is 59.5 Å². The third kappa shape index (κ3) is 4.77. The molecule has 0 fully saturated rings. The molecule has 2 heterocycles. The van der Waals surface area contributed by atoms with E-state index < -0.39 is 10.0 Å². The van der Waals surface area contributed by atoms with Crippen molar-refractivity contribution in [3.8, 4) is 17.2 Å². The standard InChI is InChI=1S/C26H26N2O6S/c1-16-13-17(2)25-21(14-16)22(9-10-34-25)27-26(29)18-3-5-19(6-4-18)28-35(30,31)20-7-8-23-24(15-20)33-12-11-32-23/h3-8,13-15,22,28H,9-12H2,1-2H3,(H,27,29). The van der Waals surface area contributed by atoms with Crippen LogP contribution in [0, 0.1) is 13.8 Å². The third-order valence-corrected chi connectivity index (χ3v) is 7.38. The number of hydrogen-bond acceptors (Lipinski definition) is 6. The van der Waals surface area contributed by atoms with Crippen LogP contribution < -0.4 is 24.2 Å². The summed E-state index contributed by atoms with van der Waals surface area (Å²) in [6, 6.07) is 14.8. The molecule has 5 rings (SSSR count). The van der Waals surface area contributed by atoms with Crippen LogP contribution in [0.5, 0.6) is 17.2 Å². The van der Waals surface area contributed by atoms with Gasteiger partial charge in [-0.05, 0) is 55.8 Å². The summed E-state index contributed by atoms with van der Waals surface area (Å²) < 4.78 is 45.0. The minimum Gasteiger partial charge on any atom is -0.493 e. The number of amides is 1. The van der Waals surface area contributed by atoms with Gasteiger partial charge in [-0.2, -0.15) is 0 Å². The molecule has 0 spiro atoms. The Kier molecular flexibility index (Phi) is 6.02. The molecule has 0 radical (unpaired) electrons. The molecule has 182 valence electrons. The zero-order valence-corrected chi connectivity index (χ0v) is 20.3. The lowest BCUT2D eigenvalue weighted by Gasteiger charge is -2.28. The molecule has 1 amide bonds. The fraction of sp³-hybridized carbons (Fsp3) is 0.269. The molecule has 8 nitrogen and oxygen atoms in total. The summed E-state index contributed by atoms with van der Waals surface area (Å²) in [4.78, 5) is 13.0. The van der Waals surface area contributed by atoms with Gasteiger partial charge in [0.15, 0.2) is 11.5 Å². The number of rotatable bonds is 5. The highest BCUT2D eigenvalue weighted by molar-refractivity contribution is 7.92. The molecule has 9 heteroatoms. The summed E-state index contributed by atoms with van der Waals surface area (Å²) in [6.45, 7) is 5.35. The smallest absolute Gasteiger partial charge is 0.262 e. The first-order chi connectivity index (χ1) is 16.8. The predicted octanol–water partition coefficient (Wildman–Crippen LogP) is 4.13. The van der Waals surface area contributed by atoms with Crippen molar-refractivity contribution < 1.29 is 27.4 Å². The third-order valence-electron chi connectivity index (χ3n) is 6.00. The van der Waals surface area contributed by atoms with E-state index in [9.17, 15) is 13.2 Å². The number of nitrogens with one attached hydrogen (secondary N) is 2. The lowest BCUT2D eigenvalue weighted by Crippen LogP contribution is -2.32. The molecule has 3 aromatic rings. The highest BCUT2D eigenvalue weighted by Gasteiger charge is 2.25. The Balaban J connectivity index is 1.29. The van der Waals surface area contributed by atoms with Gasteiger partial charge in [0.2, 0.25) is 0 Å². The van der Waals surface area contributed by atoms with Gasteiger partial charge >= 0.3 is 0 Å². The first-order valence-electron chi connectivity index (χ1n) is 11.4. The Labute approximate surface area is 204 Å². The molecule has 3 aromatic carbocycles. The number of aryl methyl sites for hydroxylation is 2. The maximum Gasteiger partial charge on any atom is 0.262 e. The summed E-state index contributed by atoms with van der Waals surface area (Å²) in [6.07, 6.45) is 0.676. The SMILES string of the molecule is Cc1cc(C)c2c(c1)C(NC(=O)c1ccc(NS(=O)(=O)c3ccc4c(c3)OCCO4)cc1)CCO2. The Morgan fingerprint density at radius 2 is 1.63 bits per heavy atom. The van der Waals surface area contributed by atoms with Crippen molar-refractivity contribution in [2.45, 2.75) is 31.2 Å². The van der Waals surface area contributed by atoms with E-state index in [0.29, 0.717) is 49.0 Å². The molecule has 2 aliphatic rings. The first kappa shape index (κ1) is 23.0. The van der Waals surface area contributed by atoms with Gasteiger partial charge in [0.1, 0.15) is 19.0 Å². The summed E-state index contributed by atoms with van der Waals surface area (Å²) in [5.41, 5.74) is 3.92. The van der Waals surface area contributed by atoms with Crippen molar-refractivity contribution >= 4 is 21.6 Å². The second kappa shape index (κ2) is 9.14. The molecule has 1 unspecified atom stereocenters. The van der Waals surface area contributed by atoms with Gasteiger partial charge in [0.05, 0.1) is 17.5 Å². The average molecular weight is 495 g/mol. The molecular formula is C26H26N2O6S. The zero-order chi connectivity index (χ0) is 24.6. The molecule has 0 bridgehead atoms. The van der Waals surface area contributed by atoms with Crippen molar-refractivity contribution in [1.82, 2.24) is 5.32 Å². The van der Waals surface area contributed by atoms with Crippen LogP contribution in [0.1, 0.15) is 39.5 Å². The Morgan fingerprint density at radius 1 is 0.886 bits per heavy atom. The highest BCUT2D eigenvalue weighted by Crippen LogP contribution is 2.36. The van der Waals surface area contributed by atoms with E-state index in [1.165, 1.54) is 12.1 Å². The van der Waals surface area contributed by atoms with E-state index in [2.05, 4.69) is 16.1 Å². The number of carbonyl (C=O) groups excluding carboxylic acids is 1. The van der Waals surface area contributed by atoms with E-state index >= 15 is 0 Å². The molecule has 1 atom stereocenters. The van der Waals surface area contributed by atoms with E-state index in [4.69, 9.17) is 14.2 Å². The largest absolute Gasteiger partial charge is 0.493 e. The van der Waals surface area contributed by atoms with Crippen LogP contribution in [0.2, 0.25) is 0 Å². The number of benzene rings is 3. The second-order valence-corrected chi connectivity index (χ2v) is 10.3. The summed E-state index contributed by atoms with van der Waals surface area (Å²) in [5.74, 6) is 1.51. The van der Waals surface area contributed by atoms with Gasteiger partial charge in [-0.3, -0.25) is 9.52 Å². The van der Waals surface area contributed by atoms with Crippen molar-refractivity contribution in [2.24, 2.45) is 0 Å². The topological polar surface area (TPSA) is 103 Å². The number of sulfonamides is 1. The molecule has 0 saturated heterocycles. The van der Waals surface area contributed by atoms with E-state index in [1.807, 2.05) is 19.9 Å². The Hall–Kier alpha value is -3.72. The Bertz CT molecular complexity index is 1390. The number of fused-ring (bicyclic) bond motifs is 2. The number of carbonyl (C=O) groups is 1. The van der Waals surface area contributed by atoms with Crippen molar-refractivity contribution in [3.63, 3.8) is 0 Å². The molecular weight excluding hydrogens is 468 g/mol. The van der Waals surface area contributed by atoms with Gasteiger partial charge < -0.3 is 19.5 Å². The Morgan fingerprint density at radius 3 is 2.40 bits per heavy atom. The van der Waals surface area contributed by atoms with Crippen LogP contribution in [0.25, 0.3) is 0 Å². The maximum atomic E-state index is 12.9. The summed E-state index contributed by atoms with van der Waals surface area (Å²) in [5, 5.41) is 3.08. The van der Waals surface area contributed by atoms with Crippen LogP contribution >= 0.6 is 0 Å². The normalized spacial score (nSPS) is 16.6. The first-order valence-corrected chi connectivity index (χ1v) is 12.9. The van der Waals surface area contributed by atoms with Crippen molar-refractivity contribution in [3.05, 3.63) is 76.9 Å². The highest BCUT2D eigenvalue weighted by atomic mass is 32.2. The van der Waals surface area contributed by atoms with Crippen LogP contribution in [-0.4, -0.2) is 34.1 Å². The molecule has 2 aliphatic heterocycles. The van der Waals surface area contributed by atoms with Gasteiger partial charge in [-0.25, -0.2) is 8.42 Å². The number of anilines is 1. The molecule has 0 saturated carbocycles. The lowest BCUT2D eigenvalue weighted by atomic mass is 9.95. The fourth-order valence-corrected chi connectivity index (χ4v) is 5.44. The van der Waals surface area contributed by atoms with E-state index in [-0.39, 0.29) is 16.8 Å². The van der Waals surface area contributed by atoms with Crippen molar-refractivity contribution in [1.29, 1.82) is 0 Å². The minimum absolute atomic E-state index is 0.0624. The average Bonchev–Trinajstić information content (AvgIpc) is 2.84. The summed E-state index contributed by atoms with van der Waals surface area (Å²) in [7, 11) is -3.84. The maximum absolute atomic E-state index is 12.9. The molecule has 0 aliphatic carbocycles. The monoisotopic (exact) mass is 494 g/mol. The minimum atomic E-state index is -3.84. The summed E-state index contributed by atoms with van der Waals surface area (Å²) >= 11 is 0. The molecule has 35 heavy (non-hydrogen) atoms. The van der Waals surface area contributed by atoms with E-state index in [1.54, 1.807) is 30.3 Å².